The van der Waals surface area contributed by atoms with Crippen molar-refractivity contribution in [3.8, 4) is 0 Å². The van der Waals surface area contributed by atoms with Crippen LogP contribution in [0.15, 0.2) is 29.5 Å². The Kier molecular flexibility index (Phi) is 5.69. The summed E-state index contributed by atoms with van der Waals surface area (Å²) in [6.07, 6.45) is 5.43. The molecule has 0 saturated heterocycles. The van der Waals surface area contributed by atoms with E-state index in [-0.39, 0.29) is 23.5 Å². The number of nitrogens with one attached hydrogen (secondary N) is 1. The molecule has 3 rings (SSSR count). The second kappa shape index (κ2) is 7.98. The first-order valence-corrected chi connectivity index (χ1v) is 9.09. The van der Waals surface area contributed by atoms with Crippen molar-refractivity contribution >= 4 is 11.9 Å². The summed E-state index contributed by atoms with van der Waals surface area (Å²) >= 11 is 0. The number of hydrogen-bond donors (Lipinski definition) is 1. The summed E-state index contributed by atoms with van der Waals surface area (Å²) in [5.74, 6) is -3.44. The fourth-order valence-electron chi connectivity index (χ4n) is 3.85. The molecule has 1 aromatic carbocycles. The highest BCUT2D eigenvalue weighted by atomic mass is 19.2. The van der Waals surface area contributed by atoms with Gasteiger partial charge in [0.2, 0.25) is 5.91 Å². The van der Waals surface area contributed by atoms with Crippen LogP contribution in [0.3, 0.4) is 0 Å². The first-order valence-electron chi connectivity index (χ1n) is 9.09. The molecule has 1 aliphatic heterocycles. The summed E-state index contributed by atoms with van der Waals surface area (Å²) in [7, 11) is 0. The summed E-state index contributed by atoms with van der Waals surface area (Å²) in [6, 6.07) is 3.79. The van der Waals surface area contributed by atoms with Crippen LogP contribution in [-0.4, -0.2) is 18.5 Å². The van der Waals surface area contributed by atoms with E-state index in [9.17, 15) is 18.4 Å². The van der Waals surface area contributed by atoms with Crippen LogP contribution in [0.25, 0.3) is 0 Å². The molecule has 2 aliphatic rings. The van der Waals surface area contributed by atoms with Crippen molar-refractivity contribution in [2.45, 2.75) is 51.4 Å². The summed E-state index contributed by atoms with van der Waals surface area (Å²) in [6.45, 7) is 1.90. The molecule has 1 fully saturated rings. The van der Waals surface area contributed by atoms with Gasteiger partial charge in [0.25, 0.3) is 0 Å². The maximum atomic E-state index is 14.3. The molecule has 0 aromatic heterocycles. The van der Waals surface area contributed by atoms with E-state index in [2.05, 4.69) is 5.32 Å². The van der Waals surface area contributed by atoms with Gasteiger partial charge < -0.3 is 10.1 Å². The molecule has 4 nitrogen and oxygen atoms in total. The zero-order valence-corrected chi connectivity index (χ0v) is 14.8. The minimum Gasteiger partial charge on any atom is -0.462 e. The van der Waals surface area contributed by atoms with Gasteiger partial charge in [0, 0.05) is 18.0 Å². The molecule has 1 aliphatic carbocycles. The van der Waals surface area contributed by atoms with E-state index in [0.717, 1.165) is 31.7 Å². The Morgan fingerprint density at radius 2 is 1.96 bits per heavy atom. The maximum Gasteiger partial charge on any atom is 0.336 e. The van der Waals surface area contributed by atoms with Crippen LogP contribution in [0.5, 0.6) is 0 Å². The van der Waals surface area contributed by atoms with Crippen LogP contribution in [0.1, 0.15) is 56.9 Å². The van der Waals surface area contributed by atoms with Gasteiger partial charge >= 0.3 is 5.97 Å². The molecule has 0 unspecified atom stereocenters. The average Bonchev–Trinajstić information content (AvgIpc) is 2.62. The monoisotopic (exact) mass is 363 g/mol. The van der Waals surface area contributed by atoms with Gasteiger partial charge in [-0.05, 0) is 37.3 Å². The molecular weight excluding hydrogens is 340 g/mol. The van der Waals surface area contributed by atoms with Crippen LogP contribution in [0, 0.1) is 17.6 Å². The Morgan fingerprint density at radius 3 is 2.69 bits per heavy atom. The zero-order chi connectivity index (χ0) is 18.7. The number of rotatable bonds is 4. The first-order chi connectivity index (χ1) is 12.5. The standard InChI is InChI=1S/C20H23F2NO3/c1-12-18(20(25)26-11-13-6-3-2-4-7-13)15(10-17(24)23-12)14-8-5-9-16(21)19(14)22/h5,8-9,13,15H,2-4,6-7,10-11H2,1H3,(H,23,24)/t15-/m0/s1. The minimum absolute atomic E-state index is 0.00353. The molecule has 1 heterocycles. The summed E-state index contributed by atoms with van der Waals surface area (Å²) < 4.78 is 33.4. The highest BCUT2D eigenvalue weighted by molar-refractivity contribution is 5.95. The predicted molar refractivity (Wildman–Crippen MR) is 92.1 cm³/mol. The van der Waals surface area contributed by atoms with Gasteiger partial charge in [-0.15, -0.1) is 0 Å². The highest BCUT2D eigenvalue weighted by Crippen LogP contribution is 2.35. The van der Waals surface area contributed by atoms with E-state index in [0.29, 0.717) is 18.2 Å². The predicted octanol–water partition coefficient (Wildman–Crippen LogP) is 3.97. The van der Waals surface area contributed by atoms with Crippen molar-refractivity contribution in [3.63, 3.8) is 0 Å². The van der Waals surface area contributed by atoms with E-state index < -0.39 is 23.5 Å². The molecule has 0 radical (unpaired) electrons. The lowest BCUT2D eigenvalue weighted by molar-refractivity contribution is -0.141. The van der Waals surface area contributed by atoms with E-state index in [4.69, 9.17) is 4.74 Å². The smallest absolute Gasteiger partial charge is 0.336 e. The van der Waals surface area contributed by atoms with Gasteiger partial charge in [-0.2, -0.15) is 0 Å². The molecule has 1 saturated carbocycles. The maximum absolute atomic E-state index is 14.3. The third kappa shape index (κ3) is 3.94. The number of amides is 1. The quantitative estimate of drug-likeness (QED) is 0.824. The number of halogens is 2. The van der Waals surface area contributed by atoms with E-state index in [1.54, 1.807) is 6.92 Å². The second-order valence-electron chi connectivity index (χ2n) is 7.09. The second-order valence-corrected chi connectivity index (χ2v) is 7.09. The normalized spacial score (nSPS) is 21.5. The third-order valence-electron chi connectivity index (χ3n) is 5.22. The number of benzene rings is 1. The fourth-order valence-corrected chi connectivity index (χ4v) is 3.85. The van der Waals surface area contributed by atoms with Gasteiger partial charge in [-0.3, -0.25) is 4.79 Å². The summed E-state index contributed by atoms with van der Waals surface area (Å²) in [5, 5.41) is 2.61. The zero-order valence-electron chi connectivity index (χ0n) is 14.8. The fraction of sp³-hybridized carbons (Fsp3) is 0.500. The van der Waals surface area contributed by atoms with Crippen LogP contribution >= 0.6 is 0 Å². The highest BCUT2D eigenvalue weighted by Gasteiger charge is 2.35. The summed E-state index contributed by atoms with van der Waals surface area (Å²) in [4.78, 5) is 24.6. The summed E-state index contributed by atoms with van der Waals surface area (Å²) in [5.41, 5.74) is 0.539. The van der Waals surface area contributed by atoms with Crippen molar-refractivity contribution in [1.29, 1.82) is 0 Å². The number of carbonyl (C=O) groups excluding carboxylic acids is 2. The Balaban J connectivity index is 1.83. The topological polar surface area (TPSA) is 55.4 Å². The molecule has 0 bridgehead atoms. The van der Waals surface area contributed by atoms with Crippen molar-refractivity contribution < 1.29 is 23.1 Å². The number of allylic oxidation sites excluding steroid dienone is 1. The molecule has 26 heavy (non-hydrogen) atoms. The van der Waals surface area contributed by atoms with Gasteiger partial charge in [0.15, 0.2) is 11.6 Å². The van der Waals surface area contributed by atoms with Crippen LogP contribution in [0.2, 0.25) is 0 Å². The number of hydrogen-bond acceptors (Lipinski definition) is 3. The Bertz CT molecular complexity index is 739. The van der Waals surface area contributed by atoms with Gasteiger partial charge in [0.05, 0.1) is 12.2 Å². The van der Waals surface area contributed by atoms with E-state index in [1.807, 2.05) is 0 Å². The molecular formula is C20H23F2NO3. The van der Waals surface area contributed by atoms with E-state index >= 15 is 0 Å². The van der Waals surface area contributed by atoms with Crippen molar-refractivity contribution in [2.75, 3.05) is 6.61 Å². The number of carbonyl (C=O) groups is 2. The van der Waals surface area contributed by atoms with Crippen LogP contribution < -0.4 is 5.32 Å². The van der Waals surface area contributed by atoms with Crippen LogP contribution in [-0.2, 0) is 14.3 Å². The molecule has 0 spiro atoms. The lowest BCUT2D eigenvalue weighted by Crippen LogP contribution is -2.35. The molecule has 6 heteroatoms. The molecule has 1 N–H and O–H groups in total. The molecule has 1 aromatic rings. The largest absolute Gasteiger partial charge is 0.462 e. The SMILES string of the molecule is CC1=C(C(=O)OCC2CCCCC2)[C@H](c2cccc(F)c2F)CC(=O)N1. The third-order valence-corrected chi connectivity index (χ3v) is 5.22. The van der Waals surface area contributed by atoms with Crippen LogP contribution in [0.4, 0.5) is 8.78 Å². The van der Waals surface area contributed by atoms with Crippen molar-refractivity contribution in [1.82, 2.24) is 5.32 Å². The van der Waals surface area contributed by atoms with Gasteiger partial charge in [0.1, 0.15) is 0 Å². The Labute approximate surface area is 151 Å². The first kappa shape index (κ1) is 18.5. The van der Waals surface area contributed by atoms with Gasteiger partial charge in [-0.1, -0.05) is 31.4 Å². The van der Waals surface area contributed by atoms with Crippen molar-refractivity contribution in [3.05, 3.63) is 46.7 Å². The molecule has 1 atom stereocenters. The molecule has 140 valence electrons. The van der Waals surface area contributed by atoms with Gasteiger partial charge in [-0.25, -0.2) is 13.6 Å². The van der Waals surface area contributed by atoms with Crippen molar-refractivity contribution in [2.24, 2.45) is 5.92 Å². The minimum atomic E-state index is -1.03. The number of ether oxygens (including phenoxy) is 1. The number of esters is 1. The van der Waals surface area contributed by atoms with E-state index in [1.165, 1.54) is 18.6 Å². The molecule has 1 amide bonds. The lowest BCUT2D eigenvalue weighted by Gasteiger charge is -2.28. The average molecular weight is 363 g/mol. The Hall–Kier alpha value is -2.24. The Morgan fingerprint density at radius 1 is 1.23 bits per heavy atom. The lowest BCUT2D eigenvalue weighted by atomic mass is 9.84.